The van der Waals surface area contributed by atoms with E-state index in [1.807, 2.05) is 11.0 Å². The van der Waals surface area contributed by atoms with Crippen molar-refractivity contribution in [3.05, 3.63) is 22.4 Å². The Kier molecular flexibility index (Phi) is 4.15. The molecule has 104 valence electrons. The van der Waals surface area contributed by atoms with Crippen LogP contribution in [0, 0.1) is 5.92 Å². The zero-order valence-electron chi connectivity index (χ0n) is 11.0. The molecule has 0 bridgehead atoms. The van der Waals surface area contributed by atoms with Crippen LogP contribution in [-0.4, -0.2) is 43.6 Å². The largest absolute Gasteiger partial charge is 0.369 e. The van der Waals surface area contributed by atoms with Crippen molar-refractivity contribution in [2.45, 2.75) is 18.9 Å². The Hall–Kier alpha value is -0.910. The van der Waals surface area contributed by atoms with Gasteiger partial charge in [0.05, 0.1) is 19.7 Å². The zero-order chi connectivity index (χ0) is 13.1. The van der Waals surface area contributed by atoms with Gasteiger partial charge in [0, 0.05) is 11.4 Å². The lowest BCUT2D eigenvalue weighted by atomic mass is 10.2. The minimum Gasteiger partial charge on any atom is -0.369 e. The summed E-state index contributed by atoms with van der Waals surface area (Å²) in [6.45, 7) is 3.49. The number of morpholine rings is 1. The van der Waals surface area contributed by atoms with Crippen LogP contribution in [0.25, 0.3) is 0 Å². The lowest BCUT2D eigenvalue weighted by Crippen LogP contribution is -2.45. The summed E-state index contributed by atoms with van der Waals surface area (Å²) in [6, 6.07) is 4.11. The van der Waals surface area contributed by atoms with E-state index in [0.717, 1.165) is 12.5 Å². The number of hydrogen-bond donors (Lipinski definition) is 1. The maximum atomic E-state index is 12.1. The van der Waals surface area contributed by atoms with Gasteiger partial charge in [0.25, 0.3) is 0 Å². The summed E-state index contributed by atoms with van der Waals surface area (Å²) in [6.07, 6.45) is 2.69. The fraction of sp³-hybridized carbons (Fsp3) is 0.643. The molecule has 0 spiro atoms. The fourth-order valence-corrected chi connectivity index (χ4v) is 3.11. The molecule has 1 amide bonds. The van der Waals surface area contributed by atoms with E-state index >= 15 is 0 Å². The monoisotopic (exact) mass is 280 g/mol. The second-order valence-electron chi connectivity index (χ2n) is 5.29. The lowest BCUT2D eigenvalue weighted by Gasteiger charge is -2.32. The molecule has 1 aliphatic carbocycles. The Labute approximate surface area is 117 Å². The Morgan fingerprint density at radius 1 is 1.53 bits per heavy atom. The average Bonchev–Trinajstić information content (AvgIpc) is 3.10. The molecule has 1 aromatic rings. The normalized spacial score (nSPS) is 23.6. The summed E-state index contributed by atoms with van der Waals surface area (Å²) in [5.41, 5.74) is 0. The molecule has 0 aromatic carbocycles. The molecule has 4 nitrogen and oxygen atoms in total. The van der Waals surface area contributed by atoms with Crippen molar-refractivity contribution in [1.82, 2.24) is 10.2 Å². The molecule has 5 heteroatoms. The highest BCUT2D eigenvalue weighted by Gasteiger charge is 2.26. The molecule has 2 heterocycles. The van der Waals surface area contributed by atoms with Gasteiger partial charge < -0.3 is 15.0 Å². The molecule has 3 rings (SSSR count). The number of nitrogens with zero attached hydrogens (tertiary/aromatic N) is 1. The van der Waals surface area contributed by atoms with E-state index in [-0.39, 0.29) is 12.0 Å². The number of nitrogens with one attached hydrogen (secondary N) is 1. The molecule has 1 aliphatic heterocycles. The average molecular weight is 280 g/mol. The van der Waals surface area contributed by atoms with Crippen LogP contribution < -0.4 is 5.32 Å². The standard InChI is InChI=1S/C14H20N2O2S/c17-14(9-15-8-11-3-4-11)16-5-6-18-12(10-16)13-2-1-7-19-13/h1-2,7,11-12,15H,3-6,8-10H2. The minimum atomic E-state index is 0.0566. The summed E-state index contributed by atoms with van der Waals surface area (Å²) in [4.78, 5) is 15.3. The number of amides is 1. The van der Waals surface area contributed by atoms with E-state index in [9.17, 15) is 4.79 Å². The molecule has 2 aliphatic rings. The number of thiophene rings is 1. The summed E-state index contributed by atoms with van der Waals surface area (Å²) in [7, 11) is 0. The molecule has 1 saturated heterocycles. The smallest absolute Gasteiger partial charge is 0.236 e. The Morgan fingerprint density at radius 3 is 3.16 bits per heavy atom. The number of carbonyl (C=O) groups excluding carboxylic acids is 1. The van der Waals surface area contributed by atoms with Crippen molar-refractivity contribution < 1.29 is 9.53 Å². The summed E-state index contributed by atoms with van der Waals surface area (Å²) in [5.74, 6) is 1.02. The number of carbonyl (C=O) groups is 1. The highest BCUT2D eigenvalue weighted by Crippen LogP contribution is 2.28. The Morgan fingerprint density at radius 2 is 2.42 bits per heavy atom. The SMILES string of the molecule is O=C(CNCC1CC1)N1CCOC(c2cccs2)C1. The molecule has 1 unspecified atom stereocenters. The van der Waals surface area contributed by atoms with Gasteiger partial charge in [-0.15, -0.1) is 11.3 Å². The van der Waals surface area contributed by atoms with Crippen molar-refractivity contribution in [2.75, 3.05) is 32.8 Å². The van der Waals surface area contributed by atoms with Gasteiger partial charge in [-0.2, -0.15) is 0 Å². The van der Waals surface area contributed by atoms with Crippen LogP contribution in [0.15, 0.2) is 17.5 Å². The van der Waals surface area contributed by atoms with Crippen LogP contribution in [-0.2, 0) is 9.53 Å². The zero-order valence-corrected chi connectivity index (χ0v) is 11.8. The first-order valence-corrected chi connectivity index (χ1v) is 7.84. The van der Waals surface area contributed by atoms with Crippen LogP contribution in [0.3, 0.4) is 0 Å². The molecule has 1 N–H and O–H groups in total. The predicted molar refractivity (Wildman–Crippen MR) is 75.2 cm³/mol. The molecule has 2 fully saturated rings. The van der Waals surface area contributed by atoms with Gasteiger partial charge in [-0.1, -0.05) is 6.07 Å². The second-order valence-corrected chi connectivity index (χ2v) is 6.27. The van der Waals surface area contributed by atoms with E-state index in [0.29, 0.717) is 26.2 Å². The topological polar surface area (TPSA) is 41.6 Å². The van der Waals surface area contributed by atoms with Crippen LogP contribution in [0.4, 0.5) is 0 Å². The van der Waals surface area contributed by atoms with E-state index in [4.69, 9.17) is 4.74 Å². The van der Waals surface area contributed by atoms with E-state index < -0.39 is 0 Å². The third-order valence-electron chi connectivity index (χ3n) is 3.69. The van der Waals surface area contributed by atoms with Crippen molar-refractivity contribution in [3.8, 4) is 0 Å². The predicted octanol–water partition coefficient (Wildman–Crippen LogP) is 1.65. The minimum absolute atomic E-state index is 0.0566. The molecule has 1 aromatic heterocycles. The highest BCUT2D eigenvalue weighted by molar-refractivity contribution is 7.10. The first kappa shape index (κ1) is 13.1. The van der Waals surface area contributed by atoms with E-state index in [2.05, 4.69) is 16.8 Å². The van der Waals surface area contributed by atoms with Crippen LogP contribution >= 0.6 is 11.3 Å². The van der Waals surface area contributed by atoms with Gasteiger partial charge >= 0.3 is 0 Å². The third kappa shape index (κ3) is 3.55. The van der Waals surface area contributed by atoms with Crippen molar-refractivity contribution >= 4 is 17.2 Å². The van der Waals surface area contributed by atoms with E-state index in [1.54, 1.807) is 11.3 Å². The number of ether oxygens (including phenoxy) is 1. The van der Waals surface area contributed by atoms with Gasteiger partial charge in [-0.05, 0) is 36.8 Å². The van der Waals surface area contributed by atoms with Gasteiger partial charge in [-0.3, -0.25) is 4.79 Å². The first-order chi connectivity index (χ1) is 9.33. The third-order valence-corrected chi connectivity index (χ3v) is 4.65. The molecular formula is C14H20N2O2S. The lowest BCUT2D eigenvalue weighted by molar-refractivity contribution is -0.137. The Bertz CT molecular complexity index is 417. The first-order valence-electron chi connectivity index (χ1n) is 6.96. The maximum absolute atomic E-state index is 12.1. The second kappa shape index (κ2) is 6.03. The molecule has 1 atom stereocenters. The molecule has 0 radical (unpaired) electrons. The van der Waals surface area contributed by atoms with Crippen molar-refractivity contribution in [2.24, 2.45) is 5.92 Å². The van der Waals surface area contributed by atoms with Gasteiger partial charge in [0.1, 0.15) is 6.10 Å². The number of rotatable bonds is 5. The summed E-state index contributed by atoms with van der Waals surface area (Å²) >= 11 is 1.69. The van der Waals surface area contributed by atoms with E-state index in [1.165, 1.54) is 17.7 Å². The molecule has 1 saturated carbocycles. The van der Waals surface area contributed by atoms with Crippen LogP contribution in [0.1, 0.15) is 23.8 Å². The summed E-state index contributed by atoms with van der Waals surface area (Å²) in [5, 5.41) is 5.32. The highest BCUT2D eigenvalue weighted by atomic mass is 32.1. The van der Waals surface area contributed by atoms with Crippen molar-refractivity contribution in [1.29, 1.82) is 0 Å². The summed E-state index contributed by atoms with van der Waals surface area (Å²) < 4.78 is 5.75. The molecular weight excluding hydrogens is 260 g/mol. The Balaban J connectivity index is 1.48. The fourth-order valence-electron chi connectivity index (χ4n) is 2.34. The quantitative estimate of drug-likeness (QED) is 0.891. The van der Waals surface area contributed by atoms with Gasteiger partial charge in [-0.25, -0.2) is 0 Å². The number of hydrogen-bond acceptors (Lipinski definition) is 4. The van der Waals surface area contributed by atoms with Gasteiger partial charge in [0.15, 0.2) is 0 Å². The van der Waals surface area contributed by atoms with Gasteiger partial charge in [0.2, 0.25) is 5.91 Å². The molecule has 19 heavy (non-hydrogen) atoms. The van der Waals surface area contributed by atoms with Crippen LogP contribution in [0.2, 0.25) is 0 Å². The maximum Gasteiger partial charge on any atom is 0.236 e. The van der Waals surface area contributed by atoms with Crippen molar-refractivity contribution in [3.63, 3.8) is 0 Å². The van der Waals surface area contributed by atoms with Crippen LogP contribution in [0.5, 0.6) is 0 Å².